The first kappa shape index (κ1) is 17.4. The summed E-state index contributed by atoms with van der Waals surface area (Å²) >= 11 is 0. The van der Waals surface area contributed by atoms with Gasteiger partial charge in [0.1, 0.15) is 5.75 Å². The highest BCUT2D eigenvalue weighted by atomic mass is 32.2. The molecule has 25 heavy (non-hydrogen) atoms. The van der Waals surface area contributed by atoms with E-state index in [1.165, 1.54) is 16.8 Å². The van der Waals surface area contributed by atoms with Crippen molar-refractivity contribution in [1.82, 2.24) is 14.3 Å². The fourth-order valence-electron chi connectivity index (χ4n) is 2.86. The van der Waals surface area contributed by atoms with Crippen molar-refractivity contribution in [3.8, 4) is 5.75 Å². The second-order valence-corrected chi connectivity index (χ2v) is 7.69. The maximum absolute atomic E-state index is 12.5. The molecule has 1 aromatic heterocycles. The van der Waals surface area contributed by atoms with E-state index in [1.54, 1.807) is 19.2 Å². The molecule has 1 amide bonds. The number of piperidine rings is 1. The van der Waals surface area contributed by atoms with Crippen LogP contribution in [0.25, 0.3) is 0 Å². The molecule has 0 bridgehead atoms. The van der Waals surface area contributed by atoms with E-state index in [0.717, 1.165) is 0 Å². The lowest BCUT2D eigenvalue weighted by atomic mass is 9.97. The molecular weight excluding hydrogens is 344 g/mol. The van der Waals surface area contributed by atoms with E-state index < -0.39 is 10.0 Å². The van der Waals surface area contributed by atoms with Gasteiger partial charge in [-0.3, -0.25) is 4.79 Å². The van der Waals surface area contributed by atoms with Crippen LogP contribution in [0.15, 0.2) is 41.8 Å². The van der Waals surface area contributed by atoms with E-state index in [2.05, 4.69) is 15.3 Å². The number of aromatic nitrogens is 2. The highest BCUT2D eigenvalue weighted by Gasteiger charge is 2.32. The maximum Gasteiger partial charge on any atom is 0.260 e. The van der Waals surface area contributed by atoms with Crippen molar-refractivity contribution in [3.05, 3.63) is 36.8 Å². The first-order valence-corrected chi connectivity index (χ1v) is 9.39. The molecule has 1 aliphatic heterocycles. The summed E-state index contributed by atoms with van der Waals surface area (Å²) in [7, 11) is -2.03. The second-order valence-electron chi connectivity index (χ2n) is 5.78. The van der Waals surface area contributed by atoms with Crippen LogP contribution in [-0.2, 0) is 14.8 Å². The molecular formula is C16H20N4O4S. The second kappa shape index (κ2) is 7.24. The normalized spacial score (nSPS) is 16.5. The van der Waals surface area contributed by atoms with E-state index >= 15 is 0 Å². The molecule has 0 radical (unpaired) electrons. The first-order valence-electron chi connectivity index (χ1n) is 7.95. The molecule has 0 unspecified atom stereocenters. The average molecular weight is 364 g/mol. The molecule has 1 saturated heterocycles. The molecule has 0 saturated carbocycles. The number of H-pyrrole nitrogens is 1. The Bertz CT molecular complexity index is 828. The van der Waals surface area contributed by atoms with Crippen LogP contribution in [0.2, 0.25) is 0 Å². The highest BCUT2D eigenvalue weighted by Crippen LogP contribution is 2.27. The number of methoxy groups -OCH3 is 1. The number of sulfonamides is 1. The van der Waals surface area contributed by atoms with Gasteiger partial charge in [0.05, 0.1) is 25.3 Å². The summed E-state index contributed by atoms with van der Waals surface area (Å²) in [4.78, 5) is 18.8. The number of nitrogens with zero attached hydrogens (tertiary/aromatic N) is 2. The lowest BCUT2D eigenvalue weighted by Gasteiger charge is -2.30. The topological polar surface area (TPSA) is 104 Å². The Balaban J connectivity index is 1.61. The number of benzene rings is 1. The largest absolute Gasteiger partial charge is 0.495 e. The monoisotopic (exact) mass is 364 g/mol. The molecule has 2 aromatic rings. The number of carbonyl (C=O) groups is 1. The minimum absolute atomic E-state index is 0.0735. The number of aromatic amines is 1. The SMILES string of the molecule is COc1ccccc1NC(=O)C1CCN(S(=O)(=O)c2cnc[nH]2)CC1. The number of hydrogen-bond donors (Lipinski definition) is 2. The molecule has 1 fully saturated rings. The van der Waals surface area contributed by atoms with E-state index in [-0.39, 0.29) is 16.9 Å². The van der Waals surface area contributed by atoms with Gasteiger partial charge in [0.2, 0.25) is 5.91 Å². The van der Waals surface area contributed by atoms with Crippen molar-refractivity contribution in [2.45, 2.75) is 17.9 Å². The van der Waals surface area contributed by atoms with Crippen LogP contribution < -0.4 is 10.1 Å². The van der Waals surface area contributed by atoms with Crippen molar-refractivity contribution in [3.63, 3.8) is 0 Å². The smallest absolute Gasteiger partial charge is 0.260 e. The molecule has 0 spiro atoms. The van der Waals surface area contributed by atoms with Crippen molar-refractivity contribution < 1.29 is 17.9 Å². The van der Waals surface area contributed by atoms with Crippen LogP contribution in [-0.4, -0.2) is 48.8 Å². The molecule has 2 N–H and O–H groups in total. The summed E-state index contributed by atoms with van der Waals surface area (Å²) in [6, 6.07) is 7.19. The summed E-state index contributed by atoms with van der Waals surface area (Å²) in [5, 5.41) is 2.94. The molecule has 2 heterocycles. The fourth-order valence-corrected chi connectivity index (χ4v) is 4.23. The van der Waals surface area contributed by atoms with Gasteiger partial charge in [-0.1, -0.05) is 12.1 Å². The molecule has 8 nitrogen and oxygen atoms in total. The van der Waals surface area contributed by atoms with Crippen LogP contribution in [0.5, 0.6) is 5.75 Å². The predicted octanol–water partition coefficient (Wildman–Crippen LogP) is 1.46. The summed E-state index contributed by atoms with van der Waals surface area (Å²) in [5.41, 5.74) is 0.613. The quantitative estimate of drug-likeness (QED) is 0.836. The van der Waals surface area contributed by atoms with Gasteiger partial charge in [-0.25, -0.2) is 13.4 Å². The zero-order valence-electron chi connectivity index (χ0n) is 13.8. The molecule has 0 aliphatic carbocycles. The van der Waals surface area contributed by atoms with Gasteiger partial charge in [-0.2, -0.15) is 4.31 Å². The van der Waals surface area contributed by atoms with Crippen LogP contribution in [0, 0.1) is 5.92 Å². The standard InChI is InChI=1S/C16H20N4O4S/c1-24-14-5-3-2-4-13(14)19-16(21)12-6-8-20(9-7-12)25(22,23)15-10-17-11-18-15/h2-5,10-12H,6-9H2,1H3,(H,17,18)(H,19,21). The van der Waals surface area contributed by atoms with Gasteiger partial charge in [0.25, 0.3) is 10.0 Å². The third-order valence-corrected chi connectivity index (χ3v) is 6.10. The highest BCUT2D eigenvalue weighted by molar-refractivity contribution is 7.89. The first-order chi connectivity index (χ1) is 12.0. The lowest BCUT2D eigenvalue weighted by Crippen LogP contribution is -2.41. The molecule has 134 valence electrons. The lowest BCUT2D eigenvalue weighted by molar-refractivity contribution is -0.120. The van der Waals surface area contributed by atoms with Crippen LogP contribution in [0.1, 0.15) is 12.8 Å². The van der Waals surface area contributed by atoms with Gasteiger partial charge in [-0.15, -0.1) is 0 Å². The minimum Gasteiger partial charge on any atom is -0.495 e. The van der Waals surface area contributed by atoms with E-state index in [4.69, 9.17) is 4.74 Å². The Morgan fingerprint density at radius 2 is 2.04 bits per heavy atom. The van der Waals surface area contributed by atoms with Crippen LogP contribution in [0.4, 0.5) is 5.69 Å². The Kier molecular flexibility index (Phi) is 5.05. The van der Waals surface area contributed by atoms with Crippen molar-refractivity contribution in [2.75, 3.05) is 25.5 Å². The molecule has 1 aliphatic rings. The van der Waals surface area contributed by atoms with E-state index in [1.807, 2.05) is 12.1 Å². The number of imidazole rings is 1. The van der Waals surface area contributed by atoms with E-state index in [0.29, 0.717) is 37.4 Å². The molecule has 9 heteroatoms. The Hall–Kier alpha value is -2.39. The Morgan fingerprint density at radius 3 is 2.68 bits per heavy atom. The maximum atomic E-state index is 12.5. The number of rotatable bonds is 5. The minimum atomic E-state index is -3.57. The van der Waals surface area contributed by atoms with E-state index in [9.17, 15) is 13.2 Å². The zero-order chi connectivity index (χ0) is 17.9. The molecule has 3 rings (SSSR count). The Labute approximate surface area is 146 Å². The van der Waals surface area contributed by atoms with Crippen molar-refractivity contribution >= 4 is 21.6 Å². The number of nitrogens with one attached hydrogen (secondary N) is 2. The number of carbonyl (C=O) groups excluding carboxylic acids is 1. The molecule has 0 atom stereocenters. The third-order valence-electron chi connectivity index (χ3n) is 4.28. The number of para-hydroxylation sites is 2. The summed E-state index contributed by atoms with van der Waals surface area (Å²) in [6.07, 6.45) is 3.55. The number of amides is 1. The van der Waals surface area contributed by atoms with Gasteiger partial charge < -0.3 is 15.0 Å². The van der Waals surface area contributed by atoms with Crippen molar-refractivity contribution in [1.29, 1.82) is 0 Å². The summed E-state index contributed by atoms with van der Waals surface area (Å²) in [6.45, 7) is 0.594. The van der Waals surface area contributed by atoms with Gasteiger partial charge >= 0.3 is 0 Å². The van der Waals surface area contributed by atoms with Crippen LogP contribution in [0.3, 0.4) is 0 Å². The predicted molar refractivity (Wildman–Crippen MR) is 91.7 cm³/mol. The molecule has 1 aromatic carbocycles. The Morgan fingerprint density at radius 1 is 1.32 bits per heavy atom. The number of ether oxygens (including phenoxy) is 1. The fraction of sp³-hybridized carbons (Fsp3) is 0.375. The van der Waals surface area contributed by atoms with Crippen LogP contribution >= 0.6 is 0 Å². The average Bonchev–Trinajstić information content (AvgIpc) is 3.18. The number of hydrogen-bond acceptors (Lipinski definition) is 5. The zero-order valence-corrected chi connectivity index (χ0v) is 14.6. The third kappa shape index (κ3) is 3.67. The van der Waals surface area contributed by atoms with Crippen molar-refractivity contribution in [2.24, 2.45) is 5.92 Å². The van der Waals surface area contributed by atoms with Gasteiger partial charge in [0.15, 0.2) is 5.03 Å². The number of anilines is 1. The summed E-state index contributed by atoms with van der Waals surface area (Å²) < 4.78 is 31.5. The van der Waals surface area contributed by atoms with Gasteiger partial charge in [0, 0.05) is 19.0 Å². The van der Waals surface area contributed by atoms with Gasteiger partial charge in [-0.05, 0) is 25.0 Å². The summed E-state index contributed by atoms with van der Waals surface area (Å²) in [5.74, 6) is 0.233.